The molecular weight excluding hydrogens is 223 g/mol. The predicted octanol–water partition coefficient (Wildman–Crippen LogP) is 1.27. The standard InChI is InChI=1S/C12H15FN2O2/c1-15(9-4-5-17-7-9)12(16)10-3-2-8(14)6-11(10)13/h2-3,6,9H,4-5,7,14H2,1H3. The van der Waals surface area contributed by atoms with E-state index in [0.717, 1.165) is 12.5 Å². The van der Waals surface area contributed by atoms with E-state index >= 15 is 0 Å². The molecule has 0 aliphatic carbocycles. The molecule has 1 fully saturated rings. The molecule has 0 radical (unpaired) electrons. The van der Waals surface area contributed by atoms with Gasteiger partial charge in [0.05, 0.1) is 18.2 Å². The molecule has 0 saturated carbocycles. The molecule has 0 bridgehead atoms. The van der Waals surface area contributed by atoms with Gasteiger partial charge in [-0.1, -0.05) is 0 Å². The summed E-state index contributed by atoms with van der Waals surface area (Å²) >= 11 is 0. The Kier molecular flexibility index (Phi) is 3.28. The van der Waals surface area contributed by atoms with Crippen LogP contribution >= 0.6 is 0 Å². The quantitative estimate of drug-likeness (QED) is 0.789. The van der Waals surface area contributed by atoms with Gasteiger partial charge in [0.15, 0.2) is 0 Å². The van der Waals surface area contributed by atoms with Crippen molar-refractivity contribution in [3.05, 3.63) is 29.6 Å². The van der Waals surface area contributed by atoms with Crippen molar-refractivity contribution in [2.75, 3.05) is 26.0 Å². The van der Waals surface area contributed by atoms with Crippen LogP contribution in [0.4, 0.5) is 10.1 Å². The third-order valence-corrected chi connectivity index (χ3v) is 3.00. The van der Waals surface area contributed by atoms with Crippen LogP contribution in [0.2, 0.25) is 0 Å². The summed E-state index contributed by atoms with van der Waals surface area (Å²) in [5.74, 6) is -0.918. The minimum atomic E-state index is -0.583. The topological polar surface area (TPSA) is 55.6 Å². The Balaban J connectivity index is 2.18. The third kappa shape index (κ3) is 2.39. The first-order valence-corrected chi connectivity index (χ1v) is 5.49. The van der Waals surface area contributed by atoms with Gasteiger partial charge in [0.2, 0.25) is 0 Å². The molecule has 1 aromatic rings. The van der Waals surface area contributed by atoms with E-state index in [-0.39, 0.29) is 17.5 Å². The zero-order chi connectivity index (χ0) is 12.4. The number of rotatable bonds is 2. The summed E-state index contributed by atoms with van der Waals surface area (Å²) in [7, 11) is 1.66. The lowest BCUT2D eigenvalue weighted by Crippen LogP contribution is -2.37. The number of benzene rings is 1. The molecular formula is C12H15FN2O2. The molecule has 0 spiro atoms. The summed E-state index contributed by atoms with van der Waals surface area (Å²) in [5, 5.41) is 0. The molecule has 1 unspecified atom stereocenters. The van der Waals surface area contributed by atoms with Crippen LogP contribution in [-0.2, 0) is 4.74 Å². The number of hydrogen-bond acceptors (Lipinski definition) is 3. The Morgan fingerprint density at radius 2 is 2.35 bits per heavy atom. The van der Waals surface area contributed by atoms with Gasteiger partial charge in [-0.2, -0.15) is 0 Å². The Morgan fingerprint density at radius 3 is 2.94 bits per heavy atom. The first-order chi connectivity index (χ1) is 8.09. The summed E-state index contributed by atoms with van der Waals surface area (Å²) < 4.78 is 18.8. The SMILES string of the molecule is CN(C(=O)c1ccc(N)cc1F)C1CCOC1. The molecule has 17 heavy (non-hydrogen) atoms. The number of nitrogens with two attached hydrogens (primary N) is 1. The van der Waals surface area contributed by atoms with E-state index in [0.29, 0.717) is 18.9 Å². The zero-order valence-corrected chi connectivity index (χ0v) is 9.65. The molecule has 2 rings (SSSR count). The Bertz CT molecular complexity index is 431. The van der Waals surface area contributed by atoms with Crippen molar-refractivity contribution < 1.29 is 13.9 Å². The fraction of sp³-hybridized carbons (Fsp3) is 0.417. The van der Waals surface area contributed by atoms with Crippen molar-refractivity contribution in [2.45, 2.75) is 12.5 Å². The predicted molar refractivity (Wildman–Crippen MR) is 62.1 cm³/mol. The summed E-state index contributed by atoms with van der Waals surface area (Å²) in [4.78, 5) is 13.6. The molecule has 4 nitrogen and oxygen atoms in total. The van der Waals surface area contributed by atoms with Crippen LogP contribution < -0.4 is 5.73 Å². The van der Waals surface area contributed by atoms with Crippen LogP contribution in [0.3, 0.4) is 0 Å². The molecule has 1 aliphatic rings. The molecule has 0 aromatic heterocycles. The fourth-order valence-electron chi connectivity index (χ4n) is 1.89. The second kappa shape index (κ2) is 4.71. The highest BCUT2D eigenvalue weighted by atomic mass is 19.1. The van der Waals surface area contributed by atoms with Crippen molar-refractivity contribution in [3.8, 4) is 0 Å². The highest BCUT2D eigenvalue weighted by Gasteiger charge is 2.26. The number of likely N-dealkylation sites (N-methyl/N-ethyl adjacent to an activating group) is 1. The van der Waals surface area contributed by atoms with E-state index in [9.17, 15) is 9.18 Å². The molecule has 1 heterocycles. The summed E-state index contributed by atoms with van der Waals surface area (Å²) in [5.41, 5.74) is 5.80. The molecule has 1 saturated heterocycles. The van der Waals surface area contributed by atoms with Gasteiger partial charge in [-0.05, 0) is 24.6 Å². The van der Waals surface area contributed by atoms with E-state index in [1.165, 1.54) is 17.0 Å². The molecule has 5 heteroatoms. The Labute approximate surface area is 99.2 Å². The zero-order valence-electron chi connectivity index (χ0n) is 9.65. The summed E-state index contributed by atoms with van der Waals surface area (Å²) in [6.45, 7) is 1.16. The van der Waals surface area contributed by atoms with Crippen LogP contribution in [0.15, 0.2) is 18.2 Å². The van der Waals surface area contributed by atoms with Crippen LogP contribution in [0.1, 0.15) is 16.8 Å². The van der Waals surface area contributed by atoms with Gasteiger partial charge in [0.25, 0.3) is 5.91 Å². The Morgan fingerprint density at radius 1 is 1.59 bits per heavy atom. The van der Waals surface area contributed by atoms with Crippen LogP contribution in [-0.4, -0.2) is 37.1 Å². The molecule has 2 N–H and O–H groups in total. The average Bonchev–Trinajstić information content (AvgIpc) is 2.80. The maximum Gasteiger partial charge on any atom is 0.256 e. The second-order valence-corrected chi connectivity index (χ2v) is 4.17. The molecule has 1 aliphatic heterocycles. The van der Waals surface area contributed by atoms with Gasteiger partial charge in [-0.15, -0.1) is 0 Å². The van der Waals surface area contributed by atoms with Crippen LogP contribution in [0.25, 0.3) is 0 Å². The number of carbonyl (C=O) groups excluding carboxylic acids is 1. The van der Waals surface area contributed by atoms with E-state index < -0.39 is 5.82 Å². The molecule has 1 atom stereocenters. The number of ether oxygens (including phenoxy) is 1. The van der Waals surface area contributed by atoms with E-state index in [1.54, 1.807) is 7.05 Å². The van der Waals surface area contributed by atoms with E-state index in [2.05, 4.69) is 0 Å². The highest BCUT2D eigenvalue weighted by molar-refractivity contribution is 5.94. The maximum absolute atomic E-state index is 13.6. The summed E-state index contributed by atoms with van der Waals surface area (Å²) in [6.07, 6.45) is 0.791. The number of halogens is 1. The number of nitrogen functional groups attached to an aromatic ring is 1. The van der Waals surface area contributed by atoms with Crippen molar-refractivity contribution in [1.29, 1.82) is 0 Å². The smallest absolute Gasteiger partial charge is 0.256 e. The summed E-state index contributed by atoms with van der Waals surface area (Å²) in [6, 6.07) is 4.13. The average molecular weight is 238 g/mol. The van der Waals surface area contributed by atoms with Crippen molar-refractivity contribution in [3.63, 3.8) is 0 Å². The van der Waals surface area contributed by atoms with Crippen molar-refractivity contribution in [1.82, 2.24) is 4.90 Å². The minimum Gasteiger partial charge on any atom is -0.399 e. The first-order valence-electron chi connectivity index (χ1n) is 5.49. The molecule has 1 amide bonds. The Hall–Kier alpha value is -1.62. The number of hydrogen-bond donors (Lipinski definition) is 1. The maximum atomic E-state index is 13.6. The van der Waals surface area contributed by atoms with Crippen molar-refractivity contribution >= 4 is 11.6 Å². The lowest BCUT2D eigenvalue weighted by atomic mass is 10.1. The number of carbonyl (C=O) groups is 1. The van der Waals surface area contributed by atoms with Crippen molar-refractivity contribution in [2.24, 2.45) is 0 Å². The third-order valence-electron chi connectivity index (χ3n) is 3.00. The monoisotopic (exact) mass is 238 g/mol. The van der Waals surface area contributed by atoms with Gasteiger partial charge in [0.1, 0.15) is 5.82 Å². The minimum absolute atomic E-state index is 0.0273. The fourth-order valence-corrected chi connectivity index (χ4v) is 1.89. The molecule has 1 aromatic carbocycles. The van der Waals surface area contributed by atoms with Crippen LogP contribution in [0.5, 0.6) is 0 Å². The lowest BCUT2D eigenvalue weighted by Gasteiger charge is -2.23. The van der Waals surface area contributed by atoms with Gasteiger partial charge in [-0.25, -0.2) is 4.39 Å². The van der Waals surface area contributed by atoms with Gasteiger partial charge in [0, 0.05) is 19.3 Å². The number of anilines is 1. The van der Waals surface area contributed by atoms with Gasteiger partial charge < -0.3 is 15.4 Å². The van der Waals surface area contributed by atoms with E-state index in [1.807, 2.05) is 0 Å². The molecule has 92 valence electrons. The normalized spacial score (nSPS) is 19.3. The highest BCUT2D eigenvalue weighted by Crippen LogP contribution is 2.17. The lowest BCUT2D eigenvalue weighted by molar-refractivity contribution is 0.0706. The number of amides is 1. The first kappa shape index (κ1) is 11.9. The van der Waals surface area contributed by atoms with Gasteiger partial charge >= 0.3 is 0 Å². The van der Waals surface area contributed by atoms with E-state index in [4.69, 9.17) is 10.5 Å². The van der Waals surface area contributed by atoms with Crippen LogP contribution in [0, 0.1) is 5.82 Å². The number of nitrogens with zero attached hydrogens (tertiary/aromatic N) is 1. The largest absolute Gasteiger partial charge is 0.399 e. The van der Waals surface area contributed by atoms with Gasteiger partial charge in [-0.3, -0.25) is 4.79 Å². The second-order valence-electron chi connectivity index (χ2n) is 4.17.